The Morgan fingerprint density at radius 3 is 2.67 bits per heavy atom. The van der Waals surface area contributed by atoms with Gasteiger partial charge in [0.25, 0.3) is 0 Å². The number of rotatable bonds is 5. The van der Waals surface area contributed by atoms with Crippen molar-refractivity contribution in [2.45, 2.75) is 39.2 Å². The average molecular weight is 226 g/mol. The van der Waals surface area contributed by atoms with Crippen molar-refractivity contribution in [3.05, 3.63) is 34.3 Å². The lowest BCUT2D eigenvalue weighted by atomic mass is 10.0. The monoisotopic (exact) mass is 225 g/mol. The first-order valence-electron chi connectivity index (χ1n) is 5.59. The van der Waals surface area contributed by atoms with Gasteiger partial charge in [0.05, 0.1) is 0 Å². The summed E-state index contributed by atoms with van der Waals surface area (Å²) in [5.74, 6) is 0. The van der Waals surface area contributed by atoms with Crippen molar-refractivity contribution < 1.29 is 0 Å². The quantitative estimate of drug-likeness (QED) is 0.808. The Bertz CT molecular complexity index is 305. The van der Waals surface area contributed by atoms with Crippen molar-refractivity contribution in [2.75, 3.05) is 7.05 Å². The molecular weight excluding hydrogens is 206 g/mol. The lowest BCUT2D eigenvalue weighted by molar-refractivity contribution is 0.509. The second-order valence-corrected chi connectivity index (χ2v) is 4.43. The molecule has 84 valence electrons. The van der Waals surface area contributed by atoms with Gasteiger partial charge in [-0.15, -0.1) is 0 Å². The van der Waals surface area contributed by atoms with Crippen LogP contribution in [0.3, 0.4) is 0 Å². The number of nitrogens with one attached hydrogen (secondary N) is 1. The Hall–Kier alpha value is -0.530. The van der Waals surface area contributed by atoms with E-state index in [1.165, 1.54) is 17.5 Å². The fourth-order valence-electron chi connectivity index (χ4n) is 1.74. The van der Waals surface area contributed by atoms with Crippen molar-refractivity contribution in [1.82, 2.24) is 5.32 Å². The van der Waals surface area contributed by atoms with Gasteiger partial charge < -0.3 is 5.32 Å². The van der Waals surface area contributed by atoms with Gasteiger partial charge in [0.2, 0.25) is 0 Å². The average Bonchev–Trinajstić information content (AvgIpc) is 2.22. The van der Waals surface area contributed by atoms with Crippen LogP contribution in [0, 0.1) is 6.92 Å². The van der Waals surface area contributed by atoms with Gasteiger partial charge in [-0.3, -0.25) is 0 Å². The van der Waals surface area contributed by atoms with Gasteiger partial charge in [0, 0.05) is 11.1 Å². The Morgan fingerprint density at radius 2 is 2.13 bits per heavy atom. The largest absolute Gasteiger partial charge is 0.317 e. The van der Waals surface area contributed by atoms with Crippen LogP contribution in [0.1, 0.15) is 30.9 Å². The van der Waals surface area contributed by atoms with E-state index in [4.69, 9.17) is 11.6 Å². The van der Waals surface area contributed by atoms with E-state index in [0.717, 1.165) is 17.9 Å². The zero-order valence-electron chi connectivity index (χ0n) is 9.81. The molecule has 0 fully saturated rings. The minimum Gasteiger partial charge on any atom is -0.317 e. The predicted octanol–water partition coefficient (Wildman–Crippen LogP) is 3.58. The smallest absolute Gasteiger partial charge is 0.0440 e. The molecule has 0 aliphatic heterocycles. The molecule has 0 amide bonds. The Morgan fingerprint density at radius 1 is 1.40 bits per heavy atom. The SMILES string of the molecule is CCC(CCc1ccc(C)cc1Cl)NC. The van der Waals surface area contributed by atoms with Gasteiger partial charge in [0.1, 0.15) is 0 Å². The molecule has 0 aliphatic rings. The highest BCUT2D eigenvalue weighted by atomic mass is 35.5. The van der Waals surface area contributed by atoms with Crippen molar-refractivity contribution >= 4 is 11.6 Å². The molecule has 1 nitrogen and oxygen atoms in total. The molecular formula is C13H20ClN. The van der Waals surface area contributed by atoms with Crippen molar-refractivity contribution in [2.24, 2.45) is 0 Å². The summed E-state index contributed by atoms with van der Waals surface area (Å²) in [7, 11) is 2.02. The topological polar surface area (TPSA) is 12.0 Å². The van der Waals surface area contributed by atoms with E-state index >= 15 is 0 Å². The first-order chi connectivity index (χ1) is 7.17. The number of aryl methyl sites for hydroxylation is 2. The maximum absolute atomic E-state index is 6.18. The fourth-order valence-corrected chi connectivity index (χ4v) is 2.07. The van der Waals surface area contributed by atoms with Crippen LogP contribution in [0.15, 0.2) is 18.2 Å². The minimum atomic E-state index is 0.599. The Kier molecular flexibility index (Phi) is 5.13. The second kappa shape index (κ2) is 6.14. The van der Waals surface area contributed by atoms with E-state index in [2.05, 4.69) is 31.3 Å². The summed E-state index contributed by atoms with van der Waals surface area (Å²) in [5.41, 5.74) is 2.49. The van der Waals surface area contributed by atoms with Crippen LogP contribution in [0.25, 0.3) is 0 Å². The van der Waals surface area contributed by atoms with E-state index in [1.807, 2.05) is 13.1 Å². The molecule has 2 heteroatoms. The molecule has 0 aromatic heterocycles. The normalized spacial score (nSPS) is 12.8. The summed E-state index contributed by atoms with van der Waals surface area (Å²) in [4.78, 5) is 0. The van der Waals surface area contributed by atoms with Crippen LogP contribution in [0.5, 0.6) is 0 Å². The van der Waals surface area contributed by atoms with Crippen LogP contribution in [0.2, 0.25) is 5.02 Å². The predicted molar refractivity (Wildman–Crippen MR) is 67.6 cm³/mol. The van der Waals surface area contributed by atoms with E-state index in [0.29, 0.717) is 6.04 Å². The Balaban J connectivity index is 2.57. The summed E-state index contributed by atoms with van der Waals surface area (Å²) in [6.07, 6.45) is 3.37. The summed E-state index contributed by atoms with van der Waals surface area (Å²) in [6.45, 7) is 4.27. The highest BCUT2D eigenvalue weighted by Gasteiger charge is 2.05. The summed E-state index contributed by atoms with van der Waals surface area (Å²) < 4.78 is 0. The molecule has 1 aromatic carbocycles. The van der Waals surface area contributed by atoms with E-state index in [-0.39, 0.29) is 0 Å². The fraction of sp³-hybridized carbons (Fsp3) is 0.538. The summed E-state index contributed by atoms with van der Waals surface area (Å²) in [5, 5.41) is 4.21. The van der Waals surface area contributed by atoms with E-state index < -0.39 is 0 Å². The van der Waals surface area contributed by atoms with E-state index in [9.17, 15) is 0 Å². The van der Waals surface area contributed by atoms with Gasteiger partial charge in [-0.1, -0.05) is 30.7 Å². The van der Waals surface area contributed by atoms with Crippen molar-refractivity contribution in [3.8, 4) is 0 Å². The minimum absolute atomic E-state index is 0.599. The number of benzene rings is 1. The van der Waals surface area contributed by atoms with E-state index in [1.54, 1.807) is 0 Å². The van der Waals surface area contributed by atoms with Gasteiger partial charge in [-0.05, 0) is 50.4 Å². The van der Waals surface area contributed by atoms with Crippen molar-refractivity contribution in [1.29, 1.82) is 0 Å². The zero-order chi connectivity index (χ0) is 11.3. The lowest BCUT2D eigenvalue weighted by Crippen LogP contribution is -2.24. The molecule has 1 N–H and O–H groups in total. The molecule has 1 aromatic rings. The Labute approximate surface area is 97.8 Å². The standard InChI is InChI=1S/C13H20ClN/c1-4-12(15-3)8-7-11-6-5-10(2)9-13(11)14/h5-6,9,12,15H,4,7-8H2,1-3H3. The highest BCUT2D eigenvalue weighted by molar-refractivity contribution is 6.31. The lowest BCUT2D eigenvalue weighted by Gasteiger charge is -2.14. The molecule has 0 radical (unpaired) electrons. The molecule has 0 saturated carbocycles. The third-order valence-corrected chi connectivity index (χ3v) is 3.22. The van der Waals surface area contributed by atoms with Crippen LogP contribution in [-0.2, 0) is 6.42 Å². The second-order valence-electron chi connectivity index (χ2n) is 4.03. The summed E-state index contributed by atoms with van der Waals surface area (Å²) in [6, 6.07) is 6.90. The molecule has 1 unspecified atom stereocenters. The molecule has 0 spiro atoms. The molecule has 0 bridgehead atoms. The molecule has 0 saturated heterocycles. The maximum Gasteiger partial charge on any atom is 0.0440 e. The molecule has 1 rings (SSSR count). The van der Waals surface area contributed by atoms with Gasteiger partial charge in [0.15, 0.2) is 0 Å². The first kappa shape index (κ1) is 12.5. The molecule has 1 atom stereocenters. The van der Waals surface area contributed by atoms with Gasteiger partial charge >= 0.3 is 0 Å². The zero-order valence-corrected chi connectivity index (χ0v) is 10.6. The molecule has 15 heavy (non-hydrogen) atoms. The molecule has 0 aliphatic carbocycles. The third kappa shape index (κ3) is 3.84. The van der Waals surface area contributed by atoms with Crippen molar-refractivity contribution in [3.63, 3.8) is 0 Å². The van der Waals surface area contributed by atoms with Gasteiger partial charge in [-0.2, -0.15) is 0 Å². The number of hydrogen-bond donors (Lipinski definition) is 1. The van der Waals surface area contributed by atoms with Crippen LogP contribution >= 0.6 is 11.6 Å². The van der Waals surface area contributed by atoms with Crippen LogP contribution in [-0.4, -0.2) is 13.1 Å². The summed E-state index contributed by atoms with van der Waals surface area (Å²) >= 11 is 6.18. The number of hydrogen-bond acceptors (Lipinski definition) is 1. The third-order valence-electron chi connectivity index (χ3n) is 2.87. The highest BCUT2D eigenvalue weighted by Crippen LogP contribution is 2.19. The number of halogens is 1. The van der Waals surface area contributed by atoms with Gasteiger partial charge in [-0.25, -0.2) is 0 Å². The van der Waals surface area contributed by atoms with Crippen LogP contribution < -0.4 is 5.32 Å². The first-order valence-corrected chi connectivity index (χ1v) is 5.97. The maximum atomic E-state index is 6.18. The van der Waals surface area contributed by atoms with Crippen LogP contribution in [0.4, 0.5) is 0 Å². The molecule has 0 heterocycles.